The van der Waals surface area contributed by atoms with Gasteiger partial charge in [0.2, 0.25) is 5.82 Å². The highest BCUT2D eigenvalue weighted by molar-refractivity contribution is 5.58. The number of rotatable bonds is 2. The summed E-state index contributed by atoms with van der Waals surface area (Å²) in [6, 6.07) is 12.8. The highest BCUT2D eigenvalue weighted by Crippen LogP contribution is 2.19. The molecule has 0 unspecified atom stereocenters. The maximum atomic E-state index is 11.6. The van der Waals surface area contributed by atoms with E-state index in [0.29, 0.717) is 11.4 Å². The maximum Gasteiger partial charge on any atom is 0.263 e. The molecule has 2 heterocycles. The van der Waals surface area contributed by atoms with Crippen LogP contribution < -0.4 is 5.56 Å². The topological polar surface area (TPSA) is 71.8 Å². The second kappa shape index (κ2) is 4.29. The van der Waals surface area contributed by atoms with Crippen molar-refractivity contribution in [2.75, 3.05) is 0 Å². The Balaban J connectivity index is 2.06. The normalized spacial score (nSPS) is 10.4. The van der Waals surface area contributed by atoms with Gasteiger partial charge in [0.15, 0.2) is 0 Å². The molecule has 0 fully saturated rings. The number of pyridine rings is 1. The molecule has 0 atom stereocenters. The first kappa shape index (κ1) is 10.5. The Bertz CT molecular complexity index is 716. The zero-order valence-corrected chi connectivity index (χ0v) is 9.33. The lowest BCUT2D eigenvalue weighted by atomic mass is 10.2. The van der Waals surface area contributed by atoms with E-state index >= 15 is 0 Å². The maximum absolute atomic E-state index is 11.6. The molecule has 0 bridgehead atoms. The fourth-order valence-electron chi connectivity index (χ4n) is 1.63. The van der Waals surface area contributed by atoms with Gasteiger partial charge in [0, 0.05) is 11.8 Å². The van der Waals surface area contributed by atoms with Gasteiger partial charge in [-0.2, -0.15) is 4.98 Å². The van der Waals surface area contributed by atoms with E-state index < -0.39 is 0 Å². The summed E-state index contributed by atoms with van der Waals surface area (Å²) in [4.78, 5) is 18.4. The number of hydrogen-bond acceptors (Lipinski definition) is 4. The van der Waals surface area contributed by atoms with Gasteiger partial charge in [-0.05, 0) is 12.1 Å². The molecule has 0 spiro atoms. The molecule has 0 aliphatic rings. The van der Waals surface area contributed by atoms with E-state index in [0.717, 1.165) is 5.56 Å². The molecule has 5 heteroatoms. The third-order valence-electron chi connectivity index (χ3n) is 2.51. The molecule has 1 N–H and O–H groups in total. The van der Waals surface area contributed by atoms with E-state index in [1.165, 1.54) is 0 Å². The summed E-state index contributed by atoms with van der Waals surface area (Å²) >= 11 is 0. The number of hydrogen-bond donors (Lipinski definition) is 1. The lowest BCUT2D eigenvalue weighted by Crippen LogP contribution is -2.06. The van der Waals surface area contributed by atoms with Crippen molar-refractivity contribution in [1.29, 1.82) is 0 Å². The molecule has 2 aromatic heterocycles. The van der Waals surface area contributed by atoms with Crippen LogP contribution in [0.15, 0.2) is 58.0 Å². The van der Waals surface area contributed by atoms with Gasteiger partial charge in [0.05, 0.1) is 0 Å². The SMILES string of the molecule is O=c1[nH]cccc1-c1nc(-c2ccccc2)no1. The Labute approximate surface area is 102 Å². The van der Waals surface area contributed by atoms with E-state index in [1.807, 2.05) is 30.3 Å². The molecular weight excluding hydrogens is 230 g/mol. The van der Waals surface area contributed by atoms with Gasteiger partial charge < -0.3 is 9.51 Å². The monoisotopic (exact) mass is 239 g/mol. The molecule has 0 aliphatic heterocycles. The first-order chi connectivity index (χ1) is 8.84. The van der Waals surface area contributed by atoms with E-state index in [1.54, 1.807) is 18.3 Å². The summed E-state index contributed by atoms with van der Waals surface area (Å²) in [5.41, 5.74) is 0.966. The molecule has 3 rings (SSSR count). The van der Waals surface area contributed by atoms with Crippen molar-refractivity contribution in [3.8, 4) is 22.8 Å². The van der Waals surface area contributed by atoms with Gasteiger partial charge in [0.25, 0.3) is 11.4 Å². The highest BCUT2D eigenvalue weighted by atomic mass is 16.5. The number of aromatic nitrogens is 3. The van der Waals surface area contributed by atoms with Crippen molar-refractivity contribution in [2.45, 2.75) is 0 Å². The number of benzene rings is 1. The van der Waals surface area contributed by atoms with Crippen molar-refractivity contribution < 1.29 is 4.52 Å². The summed E-state index contributed by atoms with van der Waals surface area (Å²) in [5.74, 6) is 0.685. The van der Waals surface area contributed by atoms with Crippen LogP contribution in [-0.2, 0) is 0 Å². The number of H-pyrrole nitrogens is 1. The largest absolute Gasteiger partial charge is 0.333 e. The Kier molecular flexibility index (Phi) is 2.49. The summed E-state index contributed by atoms with van der Waals surface area (Å²) < 4.78 is 5.10. The highest BCUT2D eigenvalue weighted by Gasteiger charge is 2.12. The lowest BCUT2D eigenvalue weighted by Gasteiger charge is -1.91. The standard InChI is InChI=1S/C13H9N3O2/c17-12-10(7-4-8-14-12)13-15-11(16-18-13)9-5-2-1-3-6-9/h1-8H,(H,14,17). The zero-order chi connectivity index (χ0) is 12.4. The minimum Gasteiger partial charge on any atom is -0.333 e. The van der Waals surface area contributed by atoms with Crippen molar-refractivity contribution in [1.82, 2.24) is 15.1 Å². The lowest BCUT2D eigenvalue weighted by molar-refractivity contribution is 0.432. The first-order valence-electron chi connectivity index (χ1n) is 5.42. The molecule has 0 amide bonds. The molecule has 5 nitrogen and oxygen atoms in total. The van der Waals surface area contributed by atoms with Gasteiger partial charge in [-0.1, -0.05) is 35.5 Å². The average molecular weight is 239 g/mol. The van der Waals surface area contributed by atoms with Crippen LogP contribution in [0.5, 0.6) is 0 Å². The minimum atomic E-state index is -0.249. The second-order valence-electron chi connectivity index (χ2n) is 3.70. The fraction of sp³-hybridized carbons (Fsp3) is 0. The number of aromatic amines is 1. The second-order valence-corrected chi connectivity index (χ2v) is 3.70. The van der Waals surface area contributed by atoms with Crippen LogP contribution in [0.1, 0.15) is 0 Å². The van der Waals surface area contributed by atoms with Crippen molar-refractivity contribution >= 4 is 0 Å². The van der Waals surface area contributed by atoms with Crippen LogP contribution >= 0.6 is 0 Å². The van der Waals surface area contributed by atoms with E-state index in [2.05, 4.69) is 15.1 Å². The van der Waals surface area contributed by atoms with Crippen molar-refractivity contribution in [3.05, 3.63) is 59.0 Å². The zero-order valence-electron chi connectivity index (χ0n) is 9.33. The molecule has 1 aromatic carbocycles. The Morgan fingerprint density at radius 1 is 1.06 bits per heavy atom. The van der Waals surface area contributed by atoms with Crippen LogP contribution in [0.2, 0.25) is 0 Å². The summed E-state index contributed by atoms with van der Waals surface area (Å²) in [7, 11) is 0. The molecular formula is C13H9N3O2. The minimum absolute atomic E-state index is 0.218. The molecule has 0 aliphatic carbocycles. The van der Waals surface area contributed by atoms with Crippen molar-refractivity contribution in [3.63, 3.8) is 0 Å². The predicted octanol–water partition coefficient (Wildman–Crippen LogP) is 2.09. The number of nitrogens with one attached hydrogen (secondary N) is 1. The van der Waals surface area contributed by atoms with E-state index in [-0.39, 0.29) is 11.4 Å². The first-order valence-corrected chi connectivity index (χ1v) is 5.42. The van der Waals surface area contributed by atoms with Crippen LogP contribution in [0.25, 0.3) is 22.8 Å². The van der Waals surface area contributed by atoms with Gasteiger partial charge in [0.1, 0.15) is 5.56 Å². The molecule has 0 saturated heterocycles. The smallest absolute Gasteiger partial charge is 0.263 e. The third kappa shape index (κ3) is 1.82. The number of nitrogens with zero attached hydrogens (tertiary/aromatic N) is 2. The van der Waals surface area contributed by atoms with Crippen molar-refractivity contribution in [2.24, 2.45) is 0 Å². The average Bonchev–Trinajstić information content (AvgIpc) is 2.90. The van der Waals surface area contributed by atoms with Crippen LogP contribution in [0.4, 0.5) is 0 Å². The Morgan fingerprint density at radius 3 is 2.67 bits per heavy atom. The Morgan fingerprint density at radius 2 is 1.89 bits per heavy atom. The quantitative estimate of drug-likeness (QED) is 0.743. The molecule has 88 valence electrons. The van der Waals surface area contributed by atoms with Gasteiger partial charge in [-0.3, -0.25) is 4.79 Å². The molecule has 0 radical (unpaired) electrons. The van der Waals surface area contributed by atoms with Gasteiger partial charge in [-0.25, -0.2) is 0 Å². The summed E-state index contributed by atoms with van der Waals surface area (Å²) in [5, 5.41) is 3.87. The van der Waals surface area contributed by atoms with E-state index in [4.69, 9.17) is 4.52 Å². The van der Waals surface area contributed by atoms with Gasteiger partial charge >= 0.3 is 0 Å². The summed E-state index contributed by atoms with van der Waals surface area (Å²) in [6.07, 6.45) is 1.56. The Hall–Kier alpha value is -2.69. The van der Waals surface area contributed by atoms with E-state index in [9.17, 15) is 4.79 Å². The van der Waals surface area contributed by atoms with Crippen LogP contribution in [-0.4, -0.2) is 15.1 Å². The predicted molar refractivity (Wildman–Crippen MR) is 65.8 cm³/mol. The molecule has 18 heavy (non-hydrogen) atoms. The fourth-order valence-corrected chi connectivity index (χ4v) is 1.63. The summed E-state index contributed by atoms with van der Waals surface area (Å²) in [6.45, 7) is 0. The molecule has 0 saturated carbocycles. The molecule has 3 aromatic rings. The van der Waals surface area contributed by atoms with Crippen LogP contribution in [0.3, 0.4) is 0 Å². The third-order valence-corrected chi connectivity index (χ3v) is 2.51. The van der Waals surface area contributed by atoms with Gasteiger partial charge in [-0.15, -0.1) is 0 Å². The van der Waals surface area contributed by atoms with Crippen LogP contribution in [0, 0.1) is 0 Å².